The van der Waals surface area contributed by atoms with Crippen molar-refractivity contribution in [2.75, 3.05) is 18.5 Å². The molecule has 0 radical (unpaired) electrons. The Hall–Kier alpha value is -2.13. The maximum absolute atomic E-state index is 6.58. The van der Waals surface area contributed by atoms with Gasteiger partial charge in [0.25, 0.3) is 0 Å². The molecule has 4 rings (SSSR count). The van der Waals surface area contributed by atoms with Crippen LogP contribution in [0, 0.1) is 0 Å². The van der Waals surface area contributed by atoms with Crippen LogP contribution >= 0.6 is 11.6 Å². The summed E-state index contributed by atoms with van der Waals surface area (Å²) in [5.74, 6) is 1.42. The molecule has 0 saturated heterocycles. The first-order chi connectivity index (χ1) is 11.7. The predicted molar refractivity (Wildman–Crippen MR) is 101 cm³/mol. The van der Waals surface area contributed by atoms with Crippen molar-refractivity contribution in [1.82, 2.24) is 4.98 Å². The molecule has 3 nitrogen and oxygen atoms in total. The minimum absolute atomic E-state index is 0.518. The Balaban J connectivity index is 1.80. The Bertz CT molecular complexity index is 900. The van der Waals surface area contributed by atoms with E-state index in [1.54, 1.807) is 0 Å². The highest BCUT2D eigenvalue weighted by atomic mass is 35.5. The lowest BCUT2D eigenvalue weighted by atomic mass is 10.0. The quantitative estimate of drug-likeness (QED) is 0.631. The first-order valence-corrected chi connectivity index (χ1v) is 8.86. The Morgan fingerprint density at radius 3 is 2.92 bits per heavy atom. The Morgan fingerprint density at radius 2 is 2.08 bits per heavy atom. The fourth-order valence-electron chi connectivity index (χ4n) is 3.19. The summed E-state index contributed by atoms with van der Waals surface area (Å²) >= 11 is 6.58. The molecule has 124 valence electrons. The van der Waals surface area contributed by atoms with E-state index < -0.39 is 0 Å². The van der Waals surface area contributed by atoms with Crippen molar-refractivity contribution in [3.8, 4) is 16.9 Å². The number of rotatable bonds is 3. The zero-order valence-electron chi connectivity index (χ0n) is 13.9. The van der Waals surface area contributed by atoms with Crippen LogP contribution in [-0.4, -0.2) is 18.1 Å². The van der Waals surface area contributed by atoms with E-state index in [0.29, 0.717) is 12.5 Å². The molecule has 24 heavy (non-hydrogen) atoms. The van der Waals surface area contributed by atoms with Crippen LogP contribution in [0.5, 0.6) is 5.75 Å². The highest BCUT2D eigenvalue weighted by molar-refractivity contribution is 6.34. The summed E-state index contributed by atoms with van der Waals surface area (Å²) in [7, 11) is 0. The number of hydrogen-bond donors (Lipinski definition) is 2. The minimum atomic E-state index is 0.518. The first-order valence-electron chi connectivity index (χ1n) is 8.49. The van der Waals surface area contributed by atoms with Gasteiger partial charge in [0.05, 0.1) is 5.69 Å². The van der Waals surface area contributed by atoms with Crippen molar-refractivity contribution >= 4 is 28.2 Å². The van der Waals surface area contributed by atoms with Crippen molar-refractivity contribution in [2.45, 2.75) is 26.2 Å². The normalized spacial score (nSPS) is 14.8. The van der Waals surface area contributed by atoms with Gasteiger partial charge in [-0.1, -0.05) is 31.5 Å². The molecule has 1 aliphatic rings. The second kappa shape index (κ2) is 6.06. The number of nitrogens with one attached hydrogen (secondary N) is 2. The highest BCUT2D eigenvalue weighted by Gasteiger charge is 2.14. The molecule has 1 atom stereocenters. The summed E-state index contributed by atoms with van der Waals surface area (Å²) in [6.07, 6.45) is 1.11. The van der Waals surface area contributed by atoms with Crippen LogP contribution in [0.2, 0.25) is 5.02 Å². The molecular weight excluding hydrogens is 320 g/mol. The number of ether oxygens (including phenoxy) is 1. The van der Waals surface area contributed by atoms with Gasteiger partial charge >= 0.3 is 0 Å². The monoisotopic (exact) mass is 340 g/mol. The lowest BCUT2D eigenvalue weighted by Gasteiger charge is -2.20. The summed E-state index contributed by atoms with van der Waals surface area (Å²) in [5.41, 5.74) is 5.56. The molecule has 0 amide bonds. The van der Waals surface area contributed by atoms with E-state index in [1.165, 1.54) is 11.1 Å². The molecule has 2 aromatic carbocycles. The Labute approximate surface area is 147 Å². The lowest BCUT2D eigenvalue weighted by molar-refractivity contribution is 0.323. The van der Waals surface area contributed by atoms with E-state index in [2.05, 4.69) is 54.5 Å². The number of H-pyrrole nitrogens is 1. The zero-order chi connectivity index (χ0) is 16.7. The van der Waals surface area contributed by atoms with Crippen LogP contribution in [0.1, 0.15) is 31.9 Å². The molecule has 1 aliphatic heterocycles. The highest BCUT2D eigenvalue weighted by Crippen LogP contribution is 2.37. The van der Waals surface area contributed by atoms with Crippen molar-refractivity contribution in [3.63, 3.8) is 0 Å². The number of aromatic nitrogens is 1. The van der Waals surface area contributed by atoms with Gasteiger partial charge in [0.15, 0.2) is 0 Å². The number of hydrogen-bond acceptors (Lipinski definition) is 2. The third kappa shape index (κ3) is 2.63. The maximum Gasteiger partial charge on any atom is 0.142 e. The molecule has 2 heterocycles. The number of benzene rings is 2. The molecule has 0 fully saturated rings. The number of fused-ring (bicyclic) bond motifs is 2. The van der Waals surface area contributed by atoms with E-state index in [4.69, 9.17) is 16.3 Å². The van der Waals surface area contributed by atoms with Crippen LogP contribution in [0.3, 0.4) is 0 Å². The van der Waals surface area contributed by atoms with Gasteiger partial charge in [-0.05, 0) is 48.2 Å². The SMILES string of the molecule is CCC(C)c1cc2cc(Cl)c(-c3ccc4c(c3)NCCO4)cc2[nH]1. The summed E-state index contributed by atoms with van der Waals surface area (Å²) in [6, 6.07) is 12.6. The van der Waals surface area contributed by atoms with Gasteiger partial charge in [-0.15, -0.1) is 0 Å². The van der Waals surface area contributed by atoms with E-state index in [0.717, 1.165) is 46.1 Å². The first kappa shape index (κ1) is 15.4. The van der Waals surface area contributed by atoms with Crippen LogP contribution in [0.4, 0.5) is 5.69 Å². The van der Waals surface area contributed by atoms with Gasteiger partial charge in [-0.25, -0.2) is 0 Å². The Morgan fingerprint density at radius 1 is 1.21 bits per heavy atom. The van der Waals surface area contributed by atoms with Crippen molar-refractivity contribution < 1.29 is 4.74 Å². The summed E-state index contributed by atoms with van der Waals surface area (Å²) in [4.78, 5) is 3.55. The molecule has 4 heteroatoms. The van der Waals surface area contributed by atoms with Crippen LogP contribution in [-0.2, 0) is 0 Å². The smallest absolute Gasteiger partial charge is 0.142 e. The van der Waals surface area contributed by atoms with Crippen molar-refractivity contribution in [2.24, 2.45) is 0 Å². The average Bonchev–Trinajstić information content (AvgIpc) is 3.02. The van der Waals surface area contributed by atoms with Crippen LogP contribution in [0.25, 0.3) is 22.0 Å². The third-order valence-corrected chi connectivity index (χ3v) is 5.15. The zero-order valence-corrected chi connectivity index (χ0v) is 14.7. The van der Waals surface area contributed by atoms with Gasteiger partial charge in [0.1, 0.15) is 12.4 Å². The molecule has 0 spiro atoms. The lowest BCUT2D eigenvalue weighted by Crippen LogP contribution is -2.17. The molecule has 1 aromatic heterocycles. The molecule has 0 saturated carbocycles. The molecular formula is C20H21ClN2O. The molecule has 0 aliphatic carbocycles. The van der Waals surface area contributed by atoms with E-state index in [9.17, 15) is 0 Å². The van der Waals surface area contributed by atoms with Gasteiger partial charge in [-0.2, -0.15) is 0 Å². The Kier molecular flexibility index (Phi) is 3.89. The van der Waals surface area contributed by atoms with Gasteiger partial charge in [0, 0.05) is 33.7 Å². The fraction of sp³-hybridized carbons (Fsp3) is 0.300. The van der Waals surface area contributed by atoms with Crippen molar-refractivity contribution in [1.29, 1.82) is 0 Å². The van der Waals surface area contributed by atoms with E-state index in [-0.39, 0.29) is 0 Å². The molecule has 0 bridgehead atoms. The summed E-state index contributed by atoms with van der Waals surface area (Å²) in [5, 5.41) is 5.32. The average molecular weight is 341 g/mol. The van der Waals surface area contributed by atoms with Crippen LogP contribution in [0.15, 0.2) is 36.4 Å². The summed E-state index contributed by atoms with van der Waals surface area (Å²) < 4.78 is 5.66. The second-order valence-electron chi connectivity index (χ2n) is 6.44. The molecule has 1 unspecified atom stereocenters. The third-order valence-electron chi connectivity index (χ3n) is 4.84. The van der Waals surface area contributed by atoms with Crippen LogP contribution < -0.4 is 10.1 Å². The van der Waals surface area contributed by atoms with E-state index >= 15 is 0 Å². The van der Waals surface area contributed by atoms with E-state index in [1.807, 2.05) is 6.07 Å². The predicted octanol–water partition coefficient (Wildman–Crippen LogP) is 5.81. The topological polar surface area (TPSA) is 37.0 Å². The maximum atomic E-state index is 6.58. The van der Waals surface area contributed by atoms with Crippen molar-refractivity contribution in [3.05, 3.63) is 47.1 Å². The van der Waals surface area contributed by atoms with Gasteiger partial charge < -0.3 is 15.0 Å². The number of halogens is 1. The summed E-state index contributed by atoms with van der Waals surface area (Å²) in [6.45, 7) is 5.98. The van der Waals surface area contributed by atoms with Gasteiger partial charge in [0.2, 0.25) is 0 Å². The molecule has 3 aromatic rings. The number of anilines is 1. The largest absolute Gasteiger partial charge is 0.490 e. The standard InChI is InChI=1S/C20H21ClN2O/c1-3-12(2)17-10-14-8-16(21)15(11-18(14)23-17)13-4-5-20-19(9-13)22-6-7-24-20/h4-5,8-12,22-23H,3,6-7H2,1-2H3. The number of aromatic amines is 1. The van der Waals surface area contributed by atoms with Gasteiger partial charge in [-0.3, -0.25) is 0 Å². The molecule has 2 N–H and O–H groups in total. The minimum Gasteiger partial charge on any atom is -0.490 e. The fourth-order valence-corrected chi connectivity index (χ4v) is 3.47. The second-order valence-corrected chi connectivity index (χ2v) is 6.85.